The molecule has 0 atom stereocenters. The zero-order valence-electron chi connectivity index (χ0n) is 18.7. The summed E-state index contributed by atoms with van der Waals surface area (Å²) in [5.41, 5.74) is 0.203. The molecule has 0 unspecified atom stereocenters. The molecule has 1 fully saturated rings. The number of carbonyl (C=O) groups is 1. The Hall–Kier alpha value is -2.05. The highest BCUT2D eigenvalue weighted by molar-refractivity contribution is 7.91. The summed E-state index contributed by atoms with van der Waals surface area (Å²) in [4.78, 5) is 14.7. The third-order valence-electron chi connectivity index (χ3n) is 5.41. The third kappa shape index (κ3) is 7.47. The van der Waals surface area contributed by atoms with Crippen LogP contribution in [-0.2, 0) is 22.9 Å². The van der Waals surface area contributed by atoms with Crippen molar-refractivity contribution in [3.63, 3.8) is 0 Å². The van der Waals surface area contributed by atoms with E-state index in [2.05, 4.69) is 15.4 Å². The van der Waals surface area contributed by atoms with Crippen molar-refractivity contribution in [2.24, 2.45) is 0 Å². The first-order valence-corrected chi connectivity index (χ1v) is 13.1. The van der Waals surface area contributed by atoms with Gasteiger partial charge < -0.3 is 15.4 Å². The SMILES string of the molecule is CCS(=O)(=O)c1ccc(Cl)cc1CNC(=O)c1cc(Cl)c(CN2CCNCC2)c(OC(F)(F)F)c1. The van der Waals surface area contributed by atoms with E-state index in [0.29, 0.717) is 26.2 Å². The number of hydrogen-bond acceptors (Lipinski definition) is 6. The van der Waals surface area contributed by atoms with Crippen LogP contribution in [0.25, 0.3) is 0 Å². The third-order valence-corrected chi connectivity index (χ3v) is 7.81. The number of hydrogen-bond donors (Lipinski definition) is 2. The average Bonchev–Trinajstić information content (AvgIpc) is 2.79. The highest BCUT2D eigenvalue weighted by Gasteiger charge is 2.33. The van der Waals surface area contributed by atoms with Crippen LogP contribution in [0, 0.1) is 0 Å². The van der Waals surface area contributed by atoms with Gasteiger partial charge in [-0.1, -0.05) is 30.1 Å². The van der Waals surface area contributed by atoms with Gasteiger partial charge in [0.2, 0.25) is 0 Å². The summed E-state index contributed by atoms with van der Waals surface area (Å²) in [6.45, 7) is 4.00. The number of piperazine rings is 1. The molecule has 0 aromatic heterocycles. The van der Waals surface area contributed by atoms with Crippen molar-refractivity contribution < 1.29 is 31.1 Å². The molecule has 7 nitrogen and oxygen atoms in total. The van der Waals surface area contributed by atoms with Crippen LogP contribution in [0.15, 0.2) is 35.2 Å². The van der Waals surface area contributed by atoms with Crippen molar-refractivity contribution in [2.45, 2.75) is 31.3 Å². The molecule has 0 saturated carbocycles. The van der Waals surface area contributed by atoms with E-state index in [1.807, 2.05) is 4.90 Å². The second-order valence-corrected chi connectivity index (χ2v) is 10.9. The van der Waals surface area contributed by atoms with E-state index in [-0.39, 0.29) is 50.5 Å². The minimum absolute atomic E-state index is 0.00944. The Kier molecular flexibility index (Phi) is 8.92. The first-order chi connectivity index (χ1) is 16.4. The number of sulfone groups is 1. The number of benzene rings is 2. The molecule has 1 heterocycles. The summed E-state index contributed by atoms with van der Waals surface area (Å²) < 4.78 is 68.2. The molecule has 2 aromatic rings. The van der Waals surface area contributed by atoms with Gasteiger partial charge >= 0.3 is 6.36 Å². The van der Waals surface area contributed by atoms with E-state index < -0.39 is 27.9 Å². The highest BCUT2D eigenvalue weighted by atomic mass is 35.5. The number of carbonyl (C=O) groups excluding carboxylic acids is 1. The normalized spacial score (nSPS) is 15.1. The second kappa shape index (κ2) is 11.3. The number of nitrogens with one attached hydrogen (secondary N) is 2. The average molecular weight is 554 g/mol. The lowest BCUT2D eigenvalue weighted by atomic mass is 10.1. The van der Waals surface area contributed by atoms with Crippen LogP contribution in [0.4, 0.5) is 13.2 Å². The molecule has 1 aliphatic rings. The zero-order chi connectivity index (χ0) is 25.8. The fraction of sp³-hybridized carbons (Fsp3) is 0.409. The van der Waals surface area contributed by atoms with E-state index in [1.54, 1.807) is 0 Å². The van der Waals surface area contributed by atoms with Crippen LogP contribution in [-0.4, -0.2) is 57.5 Å². The zero-order valence-corrected chi connectivity index (χ0v) is 21.0. The smallest absolute Gasteiger partial charge is 0.405 e. The summed E-state index contributed by atoms with van der Waals surface area (Å²) >= 11 is 12.3. The van der Waals surface area contributed by atoms with E-state index in [1.165, 1.54) is 31.2 Å². The molecule has 2 aromatic carbocycles. The van der Waals surface area contributed by atoms with Gasteiger partial charge in [-0.05, 0) is 35.9 Å². The van der Waals surface area contributed by atoms with Crippen LogP contribution in [0.3, 0.4) is 0 Å². The lowest BCUT2D eigenvalue weighted by molar-refractivity contribution is -0.275. The van der Waals surface area contributed by atoms with Gasteiger partial charge in [-0.2, -0.15) is 0 Å². The Morgan fingerprint density at radius 1 is 1.17 bits per heavy atom. The second-order valence-electron chi connectivity index (χ2n) is 7.85. The summed E-state index contributed by atoms with van der Waals surface area (Å²) in [5.74, 6) is -1.48. The molecule has 0 aliphatic carbocycles. The minimum Gasteiger partial charge on any atom is -0.405 e. The molecule has 0 bridgehead atoms. The van der Waals surface area contributed by atoms with Gasteiger partial charge in [-0.15, -0.1) is 13.2 Å². The fourth-order valence-corrected chi connectivity index (χ4v) is 5.21. The van der Waals surface area contributed by atoms with Gasteiger partial charge in [0.05, 0.1) is 10.6 Å². The molecular formula is C22H24Cl2F3N3O4S. The van der Waals surface area contributed by atoms with Crippen LogP contribution < -0.4 is 15.4 Å². The van der Waals surface area contributed by atoms with E-state index >= 15 is 0 Å². The van der Waals surface area contributed by atoms with Gasteiger partial charge in [-0.3, -0.25) is 9.69 Å². The van der Waals surface area contributed by atoms with Gasteiger partial charge in [-0.25, -0.2) is 8.42 Å². The minimum atomic E-state index is -4.99. The van der Waals surface area contributed by atoms with Gasteiger partial charge in [0.15, 0.2) is 9.84 Å². The Morgan fingerprint density at radius 2 is 1.86 bits per heavy atom. The standard InChI is InChI=1S/C22H24Cl2F3N3O4S/c1-2-35(32,33)20-4-3-16(23)9-15(20)12-29-21(31)14-10-18(24)17(13-30-7-5-28-6-8-30)19(11-14)34-22(25,26)27/h3-4,9-11,28H,2,5-8,12-13H2,1H3,(H,29,31). The van der Waals surface area contributed by atoms with E-state index in [9.17, 15) is 26.4 Å². The molecule has 13 heteroatoms. The largest absolute Gasteiger partial charge is 0.573 e. The monoisotopic (exact) mass is 553 g/mol. The molecule has 2 N–H and O–H groups in total. The highest BCUT2D eigenvalue weighted by Crippen LogP contribution is 2.34. The van der Waals surface area contributed by atoms with Crippen LogP contribution in [0.5, 0.6) is 5.75 Å². The summed E-state index contributed by atoms with van der Waals surface area (Å²) in [5, 5.41) is 5.90. The predicted molar refractivity (Wildman–Crippen MR) is 127 cm³/mol. The van der Waals surface area contributed by atoms with Crippen LogP contribution in [0.2, 0.25) is 10.0 Å². The maximum atomic E-state index is 13.1. The molecule has 0 spiro atoms. The van der Waals surface area contributed by atoms with Gasteiger partial charge in [0.25, 0.3) is 5.91 Å². The molecule has 1 saturated heterocycles. The number of rotatable bonds is 8. The molecule has 35 heavy (non-hydrogen) atoms. The molecule has 0 radical (unpaired) electrons. The lowest BCUT2D eigenvalue weighted by Crippen LogP contribution is -2.43. The summed E-state index contributed by atoms with van der Waals surface area (Å²) in [6.07, 6.45) is -4.99. The Morgan fingerprint density at radius 3 is 2.49 bits per heavy atom. The van der Waals surface area contributed by atoms with Crippen molar-refractivity contribution in [1.82, 2.24) is 15.5 Å². The van der Waals surface area contributed by atoms with Crippen LogP contribution >= 0.6 is 23.2 Å². The molecular weight excluding hydrogens is 530 g/mol. The Labute approximate surface area is 211 Å². The van der Waals surface area contributed by atoms with E-state index in [0.717, 1.165) is 6.07 Å². The van der Waals surface area contributed by atoms with E-state index in [4.69, 9.17) is 23.2 Å². The topological polar surface area (TPSA) is 87.7 Å². The maximum absolute atomic E-state index is 13.1. The molecule has 192 valence electrons. The molecule has 1 amide bonds. The Balaban J connectivity index is 1.87. The lowest BCUT2D eigenvalue weighted by Gasteiger charge is -2.28. The maximum Gasteiger partial charge on any atom is 0.573 e. The number of amides is 1. The van der Waals surface area contributed by atoms with Crippen molar-refractivity contribution in [1.29, 1.82) is 0 Å². The summed E-state index contributed by atoms with van der Waals surface area (Å²) in [6, 6.07) is 6.42. The number of alkyl halides is 3. The first-order valence-electron chi connectivity index (χ1n) is 10.7. The van der Waals surface area contributed by atoms with Crippen molar-refractivity contribution >= 4 is 38.9 Å². The number of halogens is 5. The van der Waals surface area contributed by atoms with Crippen molar-refractivity contribution in [2.75, 3.05) is 31.9 Å². The predicted octanol–water partition coefficient (Wildman–Crippen LogP) is 4.02. The van der Waals surface area contributed by atoms with Crippen molar-refractivity contribution in [3.8, 4) is 5.75 Å². The van der Waals surface area contributed by atoms with Gasteiger partial charge in [0, 0.05) is 60.4 Å². The molecule has 1 aliphatic heterocycles. The fourth-order valence-electron chi connectivity index (χ4n) is 3.63. The van der Waals surface area contributed by atoms with Crippen LogP contribution in [0.1, 0.15) is 28.4 Å². The summed E-state index contributed by atoms with van der Waals surface area (Å²) in [7, 11) is -3.60. The molecule has 3 rings (SSSR count). The Bertz CT molecular complexity index is 1190. The first kappa shape index (κ1) is 27.5. The number of nitrogens with zero attached hydrogens (tertiary/aromatic N) is 1. The van der Waals surface area contributed by atoms with Gasteiger partial charge in [0.1, 0.15) is 5.75 Å². The number of ether oxygens (including phenoxy) is 1. The van der Waals surface area contributed by atoms with Crippen molar-refractivity contribution in [3.05, 3.63) is 57.1 Å². The quantitative estimate of drug-likeness (QED) is 0.513.